The molecule has 4 heteroatoms. The summed E-state index contributed by atoms with van der Waals surface area (Å²) in [7, 11) is 0. The molecule has 16 heavy (non-hydrogen) atoms. The molecule has 1 unspecified atom stereocenters. The highest BCUT2D eigenvalue weighted by molar-refractivity contribution is 4.91. The van der Waals surface area contributed by atoms with E-state index in [1.54, 1.807) is 0 Å². The summed E-state index contributed by atoms with van der Waals surface area (Å²) in [6, 6.07) is 0. The predicted molar refractivity (Wildman–Crippen MR) is 65.5 cm³/mol. The zero-order valence-corrected chi connectivity index (χ0v) is 11.0. The van der Waals surface area contributed by atoms with Crippen molar-refractivity contribution in [2.75, 3.05) is 32.8 Å². The number of hydrogen-bond donors (Lipinski definition) is 1. The van der Waals surface area contributed by atoms with Crippen molar-refractivity contribution in [2.45, 2.75) is 45.4 Å². The molecule has 0 bridgehead atoms. The van der Waals surface area contributed by atoms with E-state index in [9.17, 15) is 0 Å². The highest BCUT2D eigenvalue weighted by Gasteiger charge is 2.35. The Morgan fingerprint density at radius 1 is 1.38 bits per heavy atom. The van der Waals surface area contributed by atoms with E-state index in [0.29, 0.717) is 13.2 Å². The van der Waals surface area contributed by atoms with Crippen molar-refractivity contribution in [2.24, 2.45) is 5.73 Å². The van der Waals surface area contributed by atoms with Gasteiger partial charge in [0, 0.05) is 26.2 Å². The van der Waals surface area contributed by atoms with Gasteiger partial charge in [-0.1, -0.05) is 0 Å². The average Bonchev–Trinajstić information content (AvgIpc) is 2.24. The van der Waals surface area contributed by atoms with Crippen LogP contribution in [0.15, 0.2) is 0 Å². The predicted octanol–water partition coefficient (Wildman–Crippen LogP) is 0.850. The molecule has 0 aromatic carbocycles. The zero-order valence-electron chi connectivity index (χ0n) is 11.0. The van der Waals surface area contributed by atoms with Crippen LogP contribution < -0.4 is 5.73 Å². The van der Waals surface area contributed by atoms with E-state index in [1.165, 1.54) is 0 Å². The molecule has 4 nitrogen and oxygen atoms in total. The van der Waals surface area contributed by atoms with Gasteiger partial charge in [0.05, 0.1) is 24.4 Å². The molecule has 96 valence electrons. The van der Waals surface area contributed by atoms with Gasteiger partial charge < -0.3 is 15.2 Å². The third-order valence-electron chi connectivity index (χ3n) is 3.24. The smallest absolute Gasteiger partial charge is 0.0678 e. The summed E-state index contributed by atoms with van der Waals surface area (Å²) in [5, 5.41) is 0. The van der Waals surface area contributed by atoms with Crippen LogP contribution in [0.5, 0.6) is 0 Å². The Bertz CT molecular complexity index is 203. The molecular weight excluding hydrogens is 204 g/mol. The number of hydrogen-bond acceptors (Lipinski definition) is 4. The summed E-state index contributed by atoms with van der Waals surface area (Å²) in [6.45, 7) is 12.3. The normalized spacial score (nSPS) is 31.3. The summed E-state index contributed by atoms with van der Waals surface area (Å²) >= 11 is 0. The van der Waals surface area contributed by atoms with Crippen LogP contribution >= 0.6 is 0 Å². The monoisotopic (exact) mass is 230 g/mol. The van der Waals surface area contributed by atoms with Gasteiger partial charge in [0.2, 0.25) is 0 Å². The summed E-state index contributed by atoms with van der Waals surface area (Å²) in [4.78, 5) is 2.40. The fourth-order valence-electron chi connectivity index (χ4n) is 2.22. The fraction of sp³-hybridized carbons (Fsp3) is 1.00. The maximum Gasteiger partial charge on any atom is 0.0678 e. The molecule has 1 heterocycles. The molecule has 0 aliphatic carbocycles. The molecule has 0 saturated carbocycles. The number of morpholine rings is 1. The molecule has 0 aromatic heterocycles. The maximum atomic E-state index is 5.91. The van der Waals surface area contributed by atoms with E-state index in [4.69, 9.17) is 15.2 Å². The van der Waals surface area contributed by atoms with Gasteiger partial charge in [-0.15, -0.1) is 0 Å². The van der Waals surface area contributed by atoms with E-state index in [1.807, 2.05) is 6.92 Å². The molecule has 1 rings (SSSR count). The van der Waals surface area contributed by atoms with Crippen LogP contribution in [-0.4, -0.2) is 55.5 Å². The molecule has 1 fully saturated rings. The van der Waals surface area contributed by atoms with Gasteiger partial charge in [-0.3, -0.25) is 4.90 Å². The van der Waals surface area contributed by atoms with Crippen molar-refractivity contribution in [3.05, 3.63) is 0 Å². The molecule has 1 aliphatic rings. The van der Waals surface area contributed by atoms with Gasteiger partial charge in [-0.25, -0.2) is 0 Å². The van der Waals surface area contributed by atoms with Crippen LogP contribution in [-0.2, 0) is 9.47 Å². The van der Waals surface area contributed by atoms with Crippen molar-refractivity contribution < 1.29 is 9.47 Å². The van der Waals surface area contributed by atoms with Crippen LogP contribution in [0.25, 0.3) is 0 Å². The lowest BCUT2D eigenvalue weighted by Crippen LogP contribution is -2.61. The third-order valence-corrected chi connectivity index (χ3v) is 3.24. The standard InChI is InChI=1S/C12H26N2O2/c1-5-15-9-12(4,8-13)14-6-10(2)16-11(3)7-14/h10-11H,5-9,13H2,1-4H3/t10-,11+,12?. The summed E-state index contributed by atoms with van der Waals surface area (Å²) < 4.78 is 11.3. The van der Waals surface area contributed by atoms with E-state index in [-0.39, 0.29) is 17.7 Å². The molecule has 0 aromatic rings. The van der Waals surface area contributed by atoms with Crippen molar-refractivity contribution >= 4 is 0 Å². The van der Waals surface area contributed by atoms with Gasteiger partial charge in [0.15, 0.2) is 0 Å². The van der Waals surface area contributed by atoms with Crippen LogP contribution in [0.2, 0.25) is 0 Å². The van der Waals surface area contributed by atoms with Gasteiger partial charge in [-0.2, -0.15) is 0 Å². The molecular formula is C12H26N2O2. The molecule has 1 saturated heterocycles. The van der Waals surface area contributed by atoms with E-state index < -0.39 is 0 Å². The molecule has 2 N–H and O–H groups in total. The third kappa shape index (κ3) is 3.42. The molecule has 3 atom stereocenters. The Labute approximate surface area is 99.1 Å². The van der Waals surface area contributed by atoms with Crippen LogP contribution in [0, 0.1) is 0 Å². The van der Waals surface area contributed by atoms with Gasteiger partial charge >= 0.3 is 0 Å². The average molecular weight is 230 g/mol. The first-order valence-electron chi connectivity index (χ1n) is 6.20. The minimum Gasteiger partial charge on any atom is -0.380 e. The van der Waals surface area contributed by atoms with Crippen LogP contribution in [0.4, 0.5) is 0 Å². The van der Waals surface area contributed by atoms with Crippen LogP contribution in [0.1, 0.15) is 27.7 Å². The number of ether oxygens (including phenoxy) is 2. The van der Waals surface area contributed by atoms with Gasteiger partial charge in [-0.05, 0) is 27.7 Å². The van der Waals surface area contributed by atoms with Crippen molar-refractivity contribution in [1.29, 1.82) is 0 Å². The Morgan fingerprint density at radius 3 is 2.38 bits per heavy atom. The van der Waals surface area contributed by atoms with E-state index >= 15 is 0 Å². The summed E-state index contributed by atoms with van der Waals surface area (Å²) in [5.41, 5.74) is 5.84. The largest absolute Gasteiger partial charge is 0.380 e. The number of rotatable bonds is 5. The molecule has 0 radical (unpaired) electrons. The Morgan fingerprint density at radius 2 is 1.94 bits per heavy atom. The second kappa shape index (κ2) is 5.96. The second-order valence-electron chi connectivity index (χ2n) is 5.00. The van der Waals surface area contributed by atoms with E-state index in [0.717, 1.165) is 19.7 Å². The Hall–Kier alpha value is -0.160. The first kappa shape index (κ1) is 13.9. The Kier molecular flexibility index (Phi) is 5.18. The molecule has 0 spiro atoms. The molecule has 1 aliphatic heterocycles. The highest BCUT2D eigenvalue weighted by atomic mass is 16.5. The number of nitrogens with two attached hydrogens (primary N) is 1. The van der Waals surface area contributed by atoms with Crippen molar-refractivity contribution in [1.82, 2.24) is 4.90 Å². The summed E-state index contributed by atoms with van der Waals surface area (Å²) in [5.74, 6) is 0. The second-order valence-corrected chi connectivity index (χ2v) is 5.00. The van der Waals surface area contributed by atoms with Gasteiger partial charge in [0.25, 0.3) is 0 Å². The fourth-order valence-corrected chi connectivity index (χ4v) is 2.22. The minimum absolute atomic E-state index is 0.0672. The first-order chi connectivity index (χ1) is 7.51. The Balaban J connectivity index is 2.63. The topological polar surface area (TPSA) is 47.7 Å². The highest BCUT2D eigenvalue weighted by Crippen LogP contribution is 2.21. The maximum absolute atomic E-state index is 5.91. The van der Waals surface area contributed by atoms with Crippen molar-refractivity contribution in [3.63, 3.8) is 0 Å². The van der Waals surface area contributed by atoms with Crippen LogP contribution in [0.3, 0.4) is 0 Å². The van der Waals surface area contributed by atoms with Crippen molar-refractivity contribution in [3.8, 4) is 0 Å². The minimum atomic E-state index is -0.0672. The first-order valence-corrected chi connectivity index (χ1v) is 6.20. The lowest BCUT2D eigenvalue weighted by molar-refractivity contribution is -0.111. The summed E-state index contributed by atoms with van der Waals surface area (Å²) in [6.07, 6.45) is 0.549. The number of nitrogens with zero attached hydrogens (tertiary/aromatic N) is 1. The quantitative estimate of drug-likeness (QED) is 0.760. The lowest BCUT2D eigenvalue weighted by Gasteiger charge is -2.46. The lowest BCUT2D eigenvalue weighted by atomic mass is 9.99. The van der Waals surface area contributed by atoms with E-state index in [2.05, 4.69) is 25.7 Å². The zero-order chi connectivity index (χ0) is 12.2. The molecule has 0 amide bonds. The SMILES string of the molecule is CCOCC(C)(CN)N1C[C@@H](C)O[C@@H](C)C1. The van der Waals surface area contributed by atoms with Gasteiger partial charge in [0.1, 0.15) is 0 Å².